The van der Waals surface area contributed by atoms with Crippen LogP contribution in [-0.2, 0) is 9.47 Å². The van der Waals surface area contributed by atoms with Crippen LogP contribution in [0.1, 0.15) is 46.5 Å². The van der Waals surface area contributed by atoms with E-state index >= 15 is 0 Å². The minimum absolute atomic E-state index is 0.663. The number of hydrogen-bond donors (Lipinski definition) is 1. The first-order valence-corrected chi connectivity index (χ1v) is 8.77. The molecule has 1 aliphatic rings. The first-order chi connectivity index (χ1) is 10.2. The third-order valence-electron chi connectivity index (χ3n) is 4.78. The molecule has 1 aliphatic heterocycles. The molecule has 0 saturated carbocycles. The number of piperazine rings is 1. The monoisotopic (exact) mass is 300 g/mol. The fourth-order valence-electron chi connectivity index (χ4n) is 2.99. The van der Waals surface area contributed by atoms with Crippen LogP contribution in [0.15, 0.2) is 0 Å². The highest BCUT2D eigenvalue weighted by Crippen LogP contribution is 2.17. The van der Waals surface area contributed by atoms with Crippen molar-refractivity contribution in [3.8, 4) is 0 Å². The van der Waals surface area contributed by atoms with Gasteiger partial charge in [0.1, 0.15) is 0 Å². The molecule has 0 bridgehead atoms. The zero-order chi connectivity index (χ0) is 15.5. The molecule has 4 heteroatoms. The van der Waals surface area contributed by atoms with Gasteiger partial charge in [-0.15, -0.1) is 0 Å². The summed E-state index contributed by atoms with van der Waals surface area (Å²) in [6.07, 6.45) is 4.88. The smallest absolute Gasteiger partial charge is 0.0700 e. The van der Waals surface area contributed by atoms with Crippen molar-refractivity contribution in [2.75, 3.05) is 46.6 Å². The van der Waals surface area contributed by atoms with Gasteiger partial charge in [-0.05, 0) is 31.7 Å². The van der Waals surface area contributed by atoms with Gasteiger partial charge < -0.3 is 14.8 Å². The fourth-order valence-corrected chi connectivity index (χ4v) is 2.99. The second-order valence-electron chi connectivity index (χ2n) is 6.27. The van der Waals surface area contributed by atoms with Gasteiger partial charge in [0.2, 0.25) is 0 Å². The number of nitrogens with one attached hydrogen (secondary N) is 1. The molecule has 4 nitrogen and oxygen atoms in total. The summed E-state index contributed by atoms with van der Waals surface area (Å²) in [7, 11) is 1.71. The number of methoxy groups -OCH3 is 1. The van der Waals surface area contributed by atoms with Crippen molar-refractivity contribution in [3.63, 3.8) is 0 Å². The number of hydrogen-bond acceptors (Lipinski definition) is 4. The molecule has 21 heavy (non-hydrogen) atoms. The van der Waals surface area contributed by atoms with Gasteiger partial charge in [-0.2, -0.15) is 0 Å². The molecule has 3 unspecified atom stereocenters. The van der Waals surface area contributed by atoms with Crippen molar-refractivity contribution in [2.24, 2.45) is 5.92 Å². The molecule has 0 aromatic heterocycles. The standard InChI is InChI=1S/C17H36N2O2/c1-5-15(3)17-14-19(16(6-2)13-18-17)9-7-8-10-21-12-11-20-4/h15-18H,5-14H2,1-4H3. The molecule has 1 heterocycles. The maximum absolute atomic E-state index is 5.54. The summed E-state index contributed by atoms with van der Waals surface area (Å²) < 4.78 is 10.5. The molecular formula is C17H36N2O2. The summed E-state index contributed by atoms with van der Waals surface area (Å²) in [6.45, 7) is 12.8. The van der Waals surface area contributed by atoms with Crippen LogP contribution in [-0.4, -0.2) is 63.5 Å². The fraction of sp³-hybridized carbons (Fsp3) is 1.00. The predicted molar refractivity (Wildman–Crippen MR) is 88.8 cm³/mol. The lowest BCUT2D eigenvalue weighted by Gasteiger charge is -2.42. The van der Waals surface area contributed by atoms with E-state index in [2.05, 4.69) is 31.0 Å². The molecule has 1 rings (SSSR count). The Kier molecular flexibility index (Phi) is 10.3. The second kappa shape index (κ2) is 11.4. The maximum Gasteiger partial charge on any atom is 0.0700 e. The third-order valence-corrected chi connectivity index (χ3v) is 4.78. The zero-order valence-corrected chi connectivity index (χ0v) is 14.6. The van der Waals surface area contributed by atoms with Gasteiger partial charge in [-0.1, -0.05) is 27.2 Å². The van der Waals surface area contributed by atoms with Crippen molar-refractivity contribution < 1.29 is 9.47 Å². The van der Waals surface area contributed by atoms with Gasteiger partial charge in [-0.3, -0.25) is 4.90 Å². The molecule has 0 aliphatic carbocycles. The Hall–Kier alpha value is -0.160. The molecule has 0 radical (unpaired) electrons. The van der Waals surface area contributed by atoms with Crippen LogP contribution in [0.5, 0.6) is 0 Å². The molecule has 0 spiro atoms. The van der Waals surface area contributed by atoms with Gasteiger partial charge in [0.05, 0.1) is 13.2 Å². The third kappa shape index (κ3) is 7.09. The summed E-state index contributed by atoms with van der Waals surface area (Å²) in [5.74, 6) is 0.766. The molecule has 0 aromatic rings. The van der Waals surface area contributed by atoms with E-state index in [4.69, 9.17) is 9.47 Å². The summed E-state index contributed by atoms with van der Waals surface area (Å²) in [4.78, 5) is 2.70. The lowest BCUT2D eigenvalue weighted by molar-refractivity contribution is 0.0636. The summed E-state index contributed by atoms with van der Waals surface area (Å²) >= 11 is 0. The highest BCUT2D eigenvalue weighted by molar-refractivity contribution is 4.87. The van der Waals surface area contributed by atoms with Crippen LogP contribution in [0.25, 0.3) is 0 Å². The molecule has 0 amide bonds. The molecule has 3 atom stereocenters. The maximum atomic E-state index is 5.54. The average molecular weight is 300 g/mol. The quantitative estimate of drug-likeness (QED) is 0.595. The molecule has 126 valence electrons. The Labute approximate surface area is 131 Å². The Morgan fingerprint density at radius 2 is 2.00 bits per heavy atom. The van der Waals surface area contributed by atoms with Gasteiger partial charge in [0, 0.05) is 38.9 Å². The first kappa shape index (κ1) is 18.9. The largest absolute Gasteiger partial charge is 0.382 e. The molecule has 0 aromatic carbocycles. The topological polar surface area (TPSA) is 33.7 Å². The van der Waals surface area contributed by atoms with Crippen molar-refractivity contribution in [1.29, 1.82) is 0 Å². The van der Waals surface area contributed by atoms with E-state index in [0.717, 1.165) is 32.1 Å². The van der Waals surface area contributed by atoms with E-state index < -0.39 is 0 Å². The molecular weight excluding hydrogens is 264 g/mol. The van der Waals surface area contributed by atoms with Crippen LogP contribution in [0.2, 0.25) is 0 Å². The highest BCUT2D eigenvalue weighted by atomic mass is 16.5. The van der Waals surface area contributed by atoms with Gasteiger partial charge in [0.15, 0.2) is 0 Å². The molecule has 1 fully saturated rings. The first-order valence-electron chi connectivity index (χ1n) is 8.77. The van der Waals surface area contributed by atoms with E-state index in [9.17, 15) is 0 Å². The lowest BCUT2D eigenvalue weighted by atomic mass is 9.94. The number of nitrogens with zero attached hydrogens (tertiary/aromatic N) is 1. The highest BCUT2D eigenvalue weighted by Gasteiger charge is 2.28. The van der Waals surface area contributed by atoms with E-state index in [-0.39, 0.29) is 0 Å². The Morgan fingerprint density at radius 1 is 1.19 bits per heavy atom. The minimum Gasteiger partial charge on any atom is -0.382 e. The SMILES string of the molecule is CCC(C)C1CN(CCCCOCCOC)C(CC)CN1. The van der Waals surface area contributed by atoms with Gasteiger partial charge in [0.25, 0.3) is 0 Å². The summed E-state index contributed by atoms with van der Waals surface area (Å²) in [5.41, 5.74) is 0. The van der Waals surface area contributed by atoms with Crippen LogP contribution in [0, 0.1) is 5.92 Å². The van der Waals surface area contributed by atoms with Crippen molar-refractivity contribution in [1.82, 2.24) is 10.2 Å². The van der Waals surface area contributed by atoms with Gasteiger partial charge >= 0.3 is 0 Å². The van der Waals surface area contributed by atoms with Crippen LogP contribution >= 0.6 is 0 Å². The number of rotatable bonds is 11. The van der Waals surface area contributed by atoms with Gasteiger partial charge in [-0.25, -0.2) is 0 Å². The van der Waals surface area contributed by atoms with Crippen molar-refractivity contribution >= 4 is 0 Å². The van der Waals surface area contributed by atoms with E-state index in [1.54, 1.807) is 7.11 Å². The van der Waals surface area contributed by atoms with E-state index in [1.165, 1.54) is 32.4 Å². The van der Waals surface area contributed by atoms with Crippen LogP contribution in [0.4, 0.5) is 0 Å². The average Bonchev–Trinajstić information content (AvgIpc) is 2.53. The van der Waals surface area contributed by atoms with Crippen LogP contribution < -0.4 is 5.32 Å². The number of ether oxygens (including phenoxy) is 2. The van der Waals surface area contributed by atoms with Crippen LogP contribution in [0.3, 0.4) is 0 Å². The molecule has 1 saturated heterocycles. The summed E-state index contributed by atoms with van der Waals surface area (Å²) in [6, 6.07) is 1.37. The Morgan fingerprint density at radius 3 is 2.67 bits per heavy atom. The van der Waals surface area contributed by atoms with Crippen molar-refractivity contribution in [3.05, 3.63) is 0 Å². The number of unbranched alkanes of at least 4 members (excludes halogenated alkanes) is 1. The second-order valence-corrected chi connectivity index (χ2v) is 6.27. The zero-order valence-electron chi connectivity index (χ0n) is 14.6. The normalized spacial score (nSPS) is 25.1. The molecule has 1 N–H and O–H groups in total. The van der Waals surface area contributed by atoms with Crippen molar-refractivity contribution in [2.45, 2.75) is 58.5 Å². The predicted octanol–water partition coefficient (Wildman–Crippen LogP) is 2.53. The van der Waals surface area contributed by atoms with E-state index in [0.29, 0.717) is 18.7 Å². The Balaban J connectivity index is 2.22. The minimum atomic E-state index is 0.663. The van der Waals surface area contributed by atoms with E-state index in [1.807, 2.05) is 0 Å². The lowest BCUT2D eigenvalue weighted by Crippen LogP contribution is -2.58. The Bertz CT molecular complexity index is 251. The summed E-state index contributed by atoms with van der Waals surface area (Å²) in [5, 5.41) is 3.75.